The second-order valence-electron chi connectivity index (χ2n) is 3.12. The maximum Gasteiger partial charge on any atom is 0.118 e. The molecular formula is C10H16N2O. The van der Waals surface area contributed by atoms with Crippen molar-refractivity contribution >= 4 is 0 Å². The van der Waals surface area contributed by atoms with Gasteiger partial charge in [-0.25, -0.2) is 0 Å². The maximum absolute atomic E-state index is 5.30. The van der Waals surface area contributed by atoms with E-state index in [4.69, 9.17) is 10.6 Å². The predicted molar refractivity (Wildman–Crippen MR) is 53.5 cm³/mol. The Kier molecular flexibility index (Phi) is 3.73. The fourth-order valence-corrected chi connectivity index (χ4v) is 1.17. The molecule has 1 atom stereocenters. The van der Waals surface area contributed by atoms with Crippen LogP contribution >= 0.6 is 0 Å². The molecule has 0 spiro atoms. The number of nitrogens with one attached hydrogen (secondary N) is 1. The van der Waals surface area contributed by atoms with Crippen molar-refractivity contribution in [1.29, 1.82) is 0 Å². The Morgan fingerprint density at radius 3 is 2.46 bits per heavy atom. The molecule has 3 N–H and O–H groups in total. The van der Waals surface area contributed by atoms with Crippen molar-refractivity contribution in [2.75, 3.05) is 7.11 Å². The Morgan fingerprint density at radius 1 is 1.38 bits per heavy atom. The van der Waals surface area contributed by atoms with E-state index in [1.807, 2.05) is 31.2 Å². The average molecular weight is 180 g/mol. The molecule has 0 bridgehead atoms. The van der Waals surface area contributed by atoms with Crippen molar-refractivity contribution < 1.29 is 4.74 Å². The molecular weight excluding hydrogens is 164 g/mol. The lowest BCUT2D eigenvalue weighted by Gasteiger charge is -2.09. The molecule has 72 valence electrons. The quantitative estimate of drug-likeness (QED) is 0.538. The van der Waals surface area contributed by atoms with Gasteiger partial charge in [0.25, 0.3) is 0 Å². The lowest BCUT2D eigenvalue weighted by atomic mass is 10.1. The fourth-order valence-electron chi connectivity index (χ4n) is 1.17. The molecule has 0 radical (unpaired) electrons. The van der Waals surface area contributed by atoms with Crippen LogP contribution in [0.2, 0.25) is 0 Å². The van der Waals surface area contributed by atoms with Crippen molar-refractivity contribution in [2.24, 2.45) is 5.84 Å². The van der Waals surface area contributed by atoms with E-state index in [1.54, 1.807) is 7.11 Å². The van der Waals surface area contributed by atoms with Gasteiger partial charge in [-0.15, -0.1) is 0 Å². The van der Waals surface area contributed by atoms with Crippen molar-refractivity contribution in [1.82, 2.24) is 5.43 Å². The Morgan fingerprint density at radius 2 is 2.00 bits per heavy atom. The topological polar surface area (TPSA) is 47.3 Å². The van der Waals surface area contributed by atoms with E-state index in [9.17, 15) is 0 Å². The van der Waals surface area contributed by atoms with E-state index < -0.39 is 0 Å². The minimum atomic E-state index is 0.299. The summed E-state index contributed by atoms with van der Waals surface area (Å²) in [6, 6.07) is 8.31. The van der Waals surface area contributed by atoms with Crippen molar-refractivity contribution in [3.8, 4) is 5.75 Å². The van der Waals surface area contributed by atoms with Crippen LogP contribution in [0, 0.1) is 0 Å². The molecule has 0 aliphatic heterocycles. The zero-order valence-corrected chi connectivity index (χ0v) is 8.08. The summed E-state index contributed by atoms with van der Waals surface area (Å²) in [5.74, 6) is 6.19. The van der Waals surface area contributed by atoms with Crippen LogP contribution in [0.25, 0.3) is 0 Å². The third kappa shape index (κ3) is 3.05. The Bertz CT molecular complexity index is 246. The zero-order chi connectivity index (χ0) is 9.68. The molecule has 1 aromatic rings. The molecule has 0 heterocycles. The standard InChI is InChI=1S/C10H16N2O/c1-8(12-11)7-9-3-5-10(13-2)6-4-9/h3-6,8,12H,7,11H2,1-2H3/t8-/m0/s1. The van der Waals surface area contributed by atoms with Gasteiger partial charge in [-0.3, -0.25) is 11.3 Å². The van der Waals surface area contributed by atoms with E-state index in [2.05, 4.69) is 5.43 Å². The molecule has 1 aromatic carbocycles. The second-order valence-corrected chi connectivity index (χ2v) is 3.12. The van der Waals surface area contributed by atoms with E-state index in [0.29, 0.717) is 6.04 Å². The van der Waals surface area contributed by atoms with E-state index in [0.717, 1.165) is 12.2 Å². The minimum Gasteiger partial charge on any atom is -0.497 e. The van der Waals surface area contributed by atoms with Crippen LogP contribution in [0.3, 0.4) is 0 Å². The normalized spacial score (nSPS) is 12.5. The number of hydrogen-bond donors (Lipinski definition) is 2. The van der Waals surface area contributed by atoms with Crippen LogP contribution in [-0.4, -0.2) is 13.2 Å². The van der Waals surface area contributed by atoms with Gasteiger partial charge >= 0.3 is 0 Å². The van der Waals surface area contributed by atoms with Gasteiger partial charge in [0.1, 0.15) is 5.75 Å². The predicted octanol–water partition coefficient (Wildman–Crippen LogP) is 1.09. The van der Waals surface area contributed by atoms with Crippen LogP contribution in [0.15, 0.2) is 24.3 Å². The summed E-state index contributed by atoms with van der Waals surface area (Å²) in [5.41, 5.74) is 3.97. The highest BCUT2D eigenvalue weighted by molar-refractivity contribution is 5.27. The van der Waals surface area contributed by atoms with Crippen molar-refractivity contribution in [3.63, 3.8) is 0 Å². The van der Waals surface area contributed by atoms with Gasteiger partial charge in [-0.1, -0.05) is 12.1 Å². The molecule has 0 fully saturated rings. The lowest BCUT2D eigenvalue weighted by Crippen LogP contribution is -2.33. The Labute approximate surface area is 78.9 Å². The third-order valence-corrected chi connectivity index (χ3v) is 1.99. The summed E-state index contributed by atoms with van der Waals surface area (Å²) >= 11 is 0. The summed E-state index contributed by atoms with van der Waals surface area (Å²) in [6.07, 6.45) is 0.931. The number of nitrogens with two attached hydrogens (primary N) is 1. The Hall–Kier alpha value is -1.06. The van der Waals surface area contributed by atoms with Gasteiger partial charge in [0.15, 0.2) is 0 Å². The molecule has 1 rings (SSSR count). The number of rotatable bonds is 4. The second kappa shape index (κ2) is 4.84. The molecule has 3 heteroatoms. The highest BCUT2D eigenvalue weighted by atomic mass is 16.5. The summed E-state index contributed by atoms with van der Waals surface area (Å²) in [5, 5.41) is 0. The monoisotopic (exact) mass is 180 g/mol. The fraction of sp³-hybridized carbons (Fsp3) is 0.400. The molecule has 13 heavy (non-hydrogen) atoms. The first-order chi connectivity index (χ1) is 6.26. The molecule has 0 aliphatic rings. The summed E-state index contributed by atoms with van der Waals surface area (Å²) in [6.45, 7) is 2.05. The number of methoxy groups -OCH3 is 1. The number of hydrogen-bond acceptors (Lipinski definition) is 3. The molecule has 0 aromatic heterocycles. The first kappa shape index (κ1) is 10.0. The first-order valence-corrected chi connectivity index (χ1v) is 4.35. The third-order valence-electron chi connectivity index (χ3n) is 1.99. The van der Waals surface area contributed by atoms with E-state index in [1.165, 1.54) is 5.56 Å². The molecule has 3 nitrogen and oxygen atoms in total. The largest absolute Gasteiger partial charge is 0.497 e. The number of benzene rings is 1. The summed E-state index contributed by atoms with van der Waals surface area (Å²) in [4.78, 5) is 0. The van der Waals surface area contributed by atoms with Crippen molar-refractivity contribution in [2.45, 2.75) is 19.4 Å². The van der Waals surface area contributed by atoms with Gasteiger partial charge in [-0.2, -0.15) is 0 Å². The van der Waals surface area contributed by atoms with Crippen LogP contribution in [-0.2, 0) is 6.42 Å². The van der Waals surface area contributed by atoms with Gasteiger partial charge < -0.3 is 4.74 Å². The summed E-state index contributed by atoms with van der Waals surface area (Å²) < 4.78 is 5.06. The van der Waals surface area contributed by atoms with Gasteiger partial charge in [0, 0.05) is 6.04 Å². The van der Waals surface area contributed by atoms with Gasteiger partial charge in [0.05, 0.1) is 7.11 Å². The SMILES string of the molecule is COc1ccc(C[C@H](C)NN)cc1. The molecule has 0 saturated heterocycles. The first-order valence-electron chi connectivity index (χ1n) is 4.35. The highest BCUT2D eigenvalue weighted by Gasteiger charge is 2.00. The summed E-state index contributed by atoms with van der Waals surface area (Å²) in [7, 11) is 1.67. The lowest BCUT2D eigenvalue weighted by molar-refractivity contribution is 0.414. The highest BCUT2D eigenvalue weighted by Crippen LogP contribution is 2.12. The number of hydrazine groups is 1. The smallest absolute Gasteiger partial charge is 0.118 e. The zero-order valence-electron chi connectivity index (χ0n) is 8.08. The minimum absolute atomic E-state index is 0.299. The molecule has 0 amide bonds. The van der Waals surface area contributed by atoms with E-state index in [-0.39, 0.29) is 0 Å². The molecule has 0 aliphatic carbocycles. The van der Waals surface area contributed by atoms with Crippen LogP contribution in [0.1, 0.15) is 12.5 Å². The Balaban J connectivity index is 2.58. The van der Waals surface area contributed by atoms with E-state index >= 15 is 0 Å². The van der Waals surface area contributed by atoms with Gasteiger partial charge in [-0.05, 0) is 31.0 Å². The molecule has 0 saturated carbocycles. The van der Waals surface area contributed by atoms with Crippen LogP contribution in [0.5, 0.6) is 5.75 Å². The molecule has 0 unspecified atom stereocenters. The van der Waals surface area contributed by atoms with Gasteiger partial charge in [0.2, 0.25) is 0 Å². The number of ether oxygens (including phenoxy) is 1. The van der Waals surface area contributed by atoms with Crippen molar-refractivity contribution in [3.05, 3.63) is 29.8 Å². The average Bonchev–Trinajstić information content (AvgIpc) is 2.19. The van der Waals surface area contributed by atoms with Crippen LogP contribution in [0.4, 0.5) is 0 Å². The maximum atomic E-state index is 5.30. The van der Waals surface area contributed by atoms with Crippen LogP contribution < -0.4 is 16.0 Å².